The van der Waals surface area contributed by atoms with Crippen molar-refractivity contribution < 1.29 is 9.45 Å². The molecule has 1 aliphatic rings. The Balaban J connectivity index is 2.22. The fraction of sp³-hybridized carbons (Fsp3) is 0.571. The van der Waals surface area contributed by atoms with Gasteiger partial charge in [0, 0.05) is 13.1 Å². The van der Waals surface area contributed by atoms with Gasteiger partial charge < -0.3 is 9.97 Å². The van der Waals surface area contributed by atoms with Crippen LogP contribution in [0.4, 0.5) is 5.69 Å². The number of nitrogens with zero attached hydrogens (tertiary/aromatic N) is 1. The molecule has 0 aliphatic carbocycles. The van der Waals surface area contributed by atoms with E-state index in [2.05, 4.69) is 38.0 Å². The number of amides is 1. The molecule has 19 heavy (non-hydrogen) atoms. The summed E-state index contributed by atoms with van der Waals surface area (Å²) in [6.45, 7) is 10.2. The molecule has 0 spiro atoms. The first kappa shape index (κ1) is 14.1. The maximum Gasteiger partial charge on any atom is 0.329 e. The van der Waals surface area contributed by atoms with Crippen LogP contribution in [0.5, 0.6) is 0 Å². The van der Waals surface area contributed by atoms with Crippen LogP contribution >= 0.6 is 0 Å². The van der Waals surface area contributed by atoms with Crippen molar-refractivity contribution in [3.8, 4) is 0 Å². The lowest BCUT2D eigenvalue weighted by atomic mass is 9.54. The van der Waals surface area contributed by atoms with E-state index < -0.39 is 0 Å². The molecule has 102 valence electrons. The zero-order valence-electron chi connectivity index (χ0n) is 12.3. The Morgan fingerprint density at radius 3 is 2.58 bits per heavy atom. The number of rotatable bonds is 2. The van der Waals surface area contributed by atoms with Crippen LogP contribution in [0.15, 0.2) is 18.5 Å². The number of carbonyl (C=O) groups excluding carboxylic acids is 1. The van der Waals surface area contributed by atoms with Crippen LogP contribution in [0.1, 0.15) is 34.6 Å². The van der Waals surface area contributed by atoms with Crippen molar-refractivity contribution >= 4 is 24.0 Å². The van der Waals surface area contributed by atoms with Gasteiger partial charge in [-0.2, -0.15) is 0 Å². The quantitative estimate of drug-likeness (QED) is 0.828. The van der Waals surface area contributed by atoms with E-state index in [9.17, 15) is 4.79 Å². The summed E-state index contributed by atoms with van der Waals surface area (Å²) in [7, 11) is 0. The molecule has 1 fully saturated rings. The minimum atomic E-state index is -0.165. The number of hydrogen-bond acceptors (Lipinski definition) is 3. The molecule has 1 N–H and O–H groups in total. The molecule has 0 radical (unpaired) electrons. The number of anilines is 1. The number of carbonyl (C=O) groups is 1. The summed E-state index contributed by atoms with van der Waals surface area (Å²) in [4.78, 5) is 15.3. The Hall–Kier alpha value is -1.36. The first-order chi connectivity index (χ1) is 8.71. The molecule has 0 atom stereocenters. The Kier molecular flexibility index (Phi) is 3.43. The van der Waals surface area contributed by atoms with Crippen LogP contribution in [0.25, 0.3) is 0 Å². The van der Waals surface area contributed by atoms with Crippen molar-refractivity contribution in [1.29, 1.82) is 0 Å². The second-order valence-electron chi connectivity index (χ2n) is 6.39. The fourth-order valence-electron chi connectivity index (χ4n) is 2.36. The summed E-state index contributed by atoms with van der Waals surface area (Å²) >= 11 is 0. The molecule has 1 saturated heterocycles. The van der Waals surface area contributed by atoms with Crippen molar-refractivity contribution in [2.75, 3.05) is 5.32 Å². The average molecular weight is 260 g/mol. The van der Waals surface area contributed by atoms with Crippen LogP contribution in [0.2, 0.25) is 6.32 Å². The third-order valence-electron chi connectivity index (χ3n) is 4.21. The predicted octanol–water partition coefficient (Wildman–Crippen LogP) is 2.07. The van der Waals surface area contributed by atoms with Gasteiger partial charge in [0.2, 0.25) is 5.91 Å². The van der Waals surface area contributed by atoms with Gasteiger partial charge in [0.25, 0.3) is 0 Å². The Bertz CT molecular complexity index is 484. The molecular weight excluding hydrogens is 239 g/mol. The summed E-state index contributed by atoms with van der Waals surface area (Å²) in [5, 5.41) is 2.75. The van der Waals surface area contributed by atoms with Gasteiger partial charge >= 0.3 is 6.92 Å². The normalized spacial score (nSPS) is 20.4. The maximum atomic E-state index is 11.1. The Labute approximate surface area is 115 Å². The lowest BCUT2D eigenvalue weighted by molar-refractivity contribution is -0.114. The van der Waals surface area contributed by atoms with Crippen LogP contribution in [0.3, 0.4) is 0 Å². The molecular formula is C14H21BN2O2. The fourth-order valence-corrected chi connectivity index (χ4v) is 2.36. The van der Waals surface area contributed by atoms with Crippen LogP contribution in [-0.2, 0) is 9.45 Å². The van der Waals surface area contributed by atoms with E-state index in [1.807, 2.05) is 12.3 Å². The van der Waals surface area contributed by atoms with Crippen molar-refractivity contribution in [2.24, 2.45) is 5.41 Å². The third-order valence-corrected chi connectivity index (χ3v) is 4.21. The lowest BCUT2D eigenvalue weighted by Gasteiger charge is -2.34. The van der Waals surface area contributed by atoms with Gasteiger partial charge in [-0.3, -0.25) is 9.78 Å². The van der Waals surface area contributed by atoms with Crippen molar-refractivity contribution in [2.45, 2.75) is 46.5 Å². The number of pyridine rings is 1. The summed E-state index contributed by atoms with van der Waals surface area (Å²) in [5.74, 6) is -0.0908. The maximum absolute atomic E-state index is 11.1. The molecule has 4 nitrogen and oxygen atoms in total. The van der Waals surface area contributed by atoms with Crippen molar-refractivity contribution in [3.05, 3.63) is 18.5 Å². The second-order valence-corrected chi connectivity index (χ2v) is 6.39. The van der Waals surface area contributed by atoms with E-state index >= 15 is 0 Å². The molecule has 1 aromatic rings. The second kappa shape index (κ2) is 4.64. The van der Waals surface area contributed by atoms with E-state index in [1.54, 1.807) is 6.20 Å². The van der Waals surface area contributed by atoms with Gasteiger partial charge in [0.15, 0.2) is 0 Å². The minimum absolute atomic E-state index is 0.0335. The van der Waals surface area contributed by atoms with E-state index in [0.29, 0.717) is 0 Å². The van der Waals surface area contributed by atoms with Gasteiger partial charge in [0.05, 0.1) is 17.5 Å². The predicted molar refractivity (Wildman–Crippen MR) is 77.7 cm³/mol. The summed E-state index contributed by atoms with van der Waals surface area (Å²) < 4.78 is 6.16. The minimum Gasteiger partial charge on any atom is -0.425 e. The lowest BCUT2D eigenvalue weighted by Crippen LogP contribution is -2.36. The summed E-state index contributed by atoms with van der Waals surface area (Å²) in [6, 6.07) is 1.94. The van der Waals surface area contributed by atoms with E-state index in [4.69, 9.17) is 4.65 Å². The highest BCUT2D eigenvalue weighted by atomic mass is 16.5. The molecule has 0 aromatic carbocycles. The molecule has 2 rings (SSSR count). The monoisotopic (exact) mass is 260 g/mol. The third kappa shape index (κ3) is 2.81. The van der Waals surface area contributed by atoms with Crippen molar-refractivity contribution in [3.63, 3.8) is 0 Å². The zero-order chi connectivity index (χ0) is 14.3. The number of nitrogens with one attached hydrogen (secondary N) is 1. The molecule has 0 bridgehead atoms. The number of aromatic nitrogens is 1. The highest BCUT2D eigenvalue weighted by molar-refractivity contribution is 6.68. The SMILES string of the molecule is CC(=O)Nc1cncc(B2CC(C)(C)C(C)(C)O2)c1. The zero-order valence-corrected chi connectivity index (χ0v) is 12.3. The molecule has 5 heteroatoms. The van der Waals surface area contributed by atoms with Crippen molar-refractivity contribution in [1.82, 2.24) is 4.98 Å². The van der Waals surface area contributed by atoms with Gasteiger partial charge in [-0.25, -0.2) is 0 Å². The average Bonchev–Trinajstić information content (AvgIpc) is 2.47. The van der Waals surface area contributed by atoms with Crippen LogP contribution < -0.4 is 10.8 Å². The van der Waals surface area contributed by atoms with Gasteiger partial charge in [-0.1, -0.05) is 13.8 Å². The highest BCUT2D eigenvalue weighted by Crippen LogP contribution is 2.45. The standard InChI is InChI=1S/C14H21BN2O2/c1-10(18)17-12-6-11(7-16-8-12)15-9-13(2,3)14(4,5)19-15/h6-8H,9H2,1-5H3,(H,17,18). The Morgan fingerprint density at radius 1 is 1.37 bits per heavy atom. The van der Waals surface area contributed by atoms with E-state index in [-0.39, 0.29) is 23.8 Å². The van der Waals surface area contributed by atoms with E-state index in [0.717, 1.165) is 17.5 Å². The largest absolute Gasteiger partial charge is 0.425 e. The Morgan fingerprint density at radius 2 is 2.05 bits per heavy atom. The number of hydrogen-bond donors (Lipinski definition) is 1. The molecule has 0 saturated carbocycles. The smallest absolute Gasteiger partial charge is 0.329 e. The van der Waals surface area contributed by atoms with Crippen LogP contribution in [-0.4, -0.2) is 23.4 Å². The summed E-state index contributed by atoms with van der Waals surface area (Å²) in [6.07, 6.45) is 4.41. The molecule has 1 aromatic heterocycles. The van der Waals surface area contributed by atoms with E-state index in [1.165, 1.54) is 6.92 Å². The first-order valence-electron chi connectivity index (χ1n) is 6.62. The van der Waals surface area contributed by atoms with Crippen LogP contribution in [0, 0.1) is 5.41 Å². The molecule has 1 amide bonds. The van der Waals surface area contributed by atoms with Gasteiger partial charge in [-0.15, -0.1) is 0 Å². The molecule has 1 aliphatic heterocycles. The molecule has 2 heterocycles. The topological polar surface area (TPSA) is 51.2 Å². The van der Waals surface area contributed by atoms with Gasteiger partial charge in [-0.05, 0) is 37.1 Å². The summed E-state index contributed by atoms with van der Waals surface area (Å²) in [5.41, 5.74) is 1.68. The molecule has 0 unspecified atom stereocenters. The first-order valence-corrected chi connectivity index (χ1v) is 6.62. The highest BCUT2D eigenvalue weighted by Gasteiger charge is 2.49. The van der Waals surface area contributed by atoms with Gasteiger partial charge in [0.1, 0.15) is 0 Å².